The van der Waals surface area contributed by atoms with Crippen LogP contribution in [0.3, 0.4) is 0 Å². The Morgan fingerprint density at radius 2 is 1.80 bits per heavy atom. The van der Waals surface area contributed by atoms with Gasteiger partial charge in [-0.3, -0.25) is 18.8 Å². The third-order valence-corrected chi connectivity index (χ3v) is 10.3. The van der Waals surface area contributed by atoms with Gasteiger partial charge in [0.15, 0.2) is 0 Å². The summed E-state index contributed by atoms with van der Waals surface area (Å²) < 4.78 is 45.9. The number of alkyl halides is 3. The van der Waals surface area contributed by atoms with Gasteiger partial charge >= 0.3 is 11.9 Å². The number of nitrogens with zero attached hydrogens (tertiary/aromatic N) is 4. The van der Waals surface area contributed by atoms with Gasteiger partial charge in [-0.25, -0.2) is 15.6 Å². The van der Waals surface area contributed by atoms with Crippen molar-refractivity contribution < 1.29 is 13.2 Å². The van der Waals surface area contributed by atoms with Crippen LogP contribution in [0.15, 0.2) is 23.3 Å². The van der Waals surface area contributed by atoms with Gasteiger partial charge in [-0.05, 0) is 81.0 Å². The summed E-state index contributed by atoms with van der Waals surface area (Å²) in [5.41, 5.74) is 6.26. The Labute approximate surface area is 235 Å². The van der Waals surface area contributed by atoms with Crippen LogP contribution in [0.25, 0.3) is 5.52 Å². The molecule has 2 aliphatic heterocycles. The van der Waals surface area contributed by atoms with Crippen LogP contribution in [0.1, 0.15) is 88.3 Å². The third-order valence-electron chi connectivity index (χ3n) is 10.3. The van der Waals surface area contributed by atoms with Crippen LogP contribution in [-0.2, 0) is 12.7 Å². The Morgan fingerprint density at radius 1 is 1.02 bits per heavy atom. The van der Waals surface area contributed by atoms with Crippen molar-refractivity contribution in [1.29, 1.82) is 0 Å². The molecule has 10 heteroatoms. The molecule has 5 atom stereocenters. The molecule has 3 unspecified atom stereocenters. The smallest absolute Gasteiger partial charge is 0.299 e. The summed E-state index contributed by atoms with van der Waals surface area (Å²) in [5.74, 6) is 2.09. The first-order valence-electron chi connectivity index (χ1n) is 15.4. The number of rotatable bonds is 6. The maximum absolute atomic E-state index is 14.3. The maximum atomic E-state index is 14.3. The topological polar surface area (TPSA) is 57.0 Å². The first-order valence-corrected chi connectivity index (χ1v) is 15.4. The van der Waals surface area contributed by atoms with Crippen molar-refractivity contribution in [2.24, 2.45) is 23.7 Å². The van der Waals surface area contributed by atoms with E-state index in [1.54, 1.807) is 10.8 Å². The molecule has 2 aromatic rings. The highest BCUT2D eigenvalue weighted by atomic mass is 19.4. The molecular weight excluding hydrogens is 517 g/mol. The highest BCUT2D eigenvalue weighted by Crippen LogP contribution is 2.47. The van der Waals surface area contributed by atoms with Crippen LogP contribution in [0.5, 0.6) is 0 Å². The fourth-order valence-electron chi connectivity index (χ4n) is 8.09. The lowest BCUT2D eigenvalue weighted by Crippen LogP contribution is -2.50. The van der Waals surface area contributed by atoms with Crippen molar-refractivity contribution in [3.8, 4) is 0 Å². The molecule has 4 fully saturated rings. The van der Waals surface area contributed by atoms with Crippen LogP contribution in [0, 0.1) is 23.7 Å². The van der Waals surface area contributed by atoms with Crippen molar-refractivity contribution in [2.45, 2.75) is 96.1 Å². The van der Waals surface area contributed by atoms with E-state index in [1.165, 1.54) is 35.9 Å². The van der Waals surface area contributed by atoms with Gasteiger partial charge in [0, 0.05) is 31.5 Å². The van der Waals surface area contributed by atoms with Gasteiger partial charge in [-0.2, -0.15) is 13.2 Å². The lowest BCUT2D eigenvalue weighted by Gasteiger charge is -2.46. The molecule has 7 nitrogen and oxygen atoms in total. The molecule has 40 heavy (non-hydrogen) atoms. The number of hydrogen-bond donors (Lipinski definition) is 2. The molecule has 222 valence electrons. The second kappa shape index (κ2) is 11.4. The van der Waals surface area contributed by atoms with E-state index in [-0.39, 0.29) is 23.4 Å². The van der Waals surface area contributed by atoms with Gasteiger partial charge < -0.3 is 0 Å². The van der Waals surface area contributed by atoms with E-state index in [0.29, 0.717) is 35.8 Å². The SMILES string of the molecule is C[C@H]1CCCCN(Cc2cc(C(F)(F)F)c3cn(C4CCCC([C@@H](C5CCC5)C5NNCN5C)C4)c(=O)n3c2)C1. The number of fused-ring (bicyclic) bond motifs is 1. The molecule has 0 amide bonds. The van der Waals surface area contributed by atoms with Crippen LogP contribution in [-0.4, -0.2) is 51.7 Å². The van der Waals surface area contributed by atoms with Gasteiger partial charge in [0.25, 0.3) is 0 Å². The van der Waals surface area contributed by atoms with E-state index in [0.717, 1.165) is 64.7 Å². The third kappa shape index (κ3) is 5.61. The lowest BCUT2D eigenvalue weighted by atomic mass is 9.65. The van der Waals surface area contributed by atoms with E-state index in [4.69, 9.17) is 0 Å². The van der Waals surface area contributed by atoms with Crippen molar-refractivity contribution in [3.63, 3.8) is 0 Å². The highest BCUT2D eigenvalue weighted by Gasteiger charge is 2.44. The monoisotopic (exact) mass is 562 g/mol. The Balaban J connectivity index is 1.30. The lowest BCUT2D eigenvalue weighted by molar-refractivity contribution is -0.136. The molecule has 2 aromatic heterocycles. The van der Waals surface area contributed by atoms with Crippen molar-refractivity contribution in [3.05, 3.63) is 40.1 Å². The minimum Gasteiger partial charge on any atom is -0.299 e. The van der Waals surface area contributed by atoms with Gasteiger partial charge in [-0.1, -0.05) is 39.0 Å². The maximum Gasteiger partial charge on any atom is 0.418 e. The van der Waals surface area contributed by atoms with Crippen molar-refractivity contribution in [1.82, 2.24) is 29.6 Å². The van der Waals surface area contributed by atoms with Gasteiger partial charge in [-0.15, -0.1) is 0 Å². The summed E-state index contributed by atoms with van der Waals surface area (Å²) in [7, 11) is 2.14. The predicted octanol–water partition coefficient (Wildman–Crippen LogP) is 5.21. The minimum absolute atomic E-state index is 0.0236. The number of halogens is 3. The molecule has 0 spiro atoms. The summed E-state index contributed by atoms with van der Waals surface area (Å²) in [6.45, 7) is 5.20. The predicted molar refractivity (Wildman–Crippen MR) is 149 cm³/mol. The summed E-state index contributed by atoms with van der Waals surface area (Å²) in [6.07, 6.45) is 9.76. The number of pyridine rings is 1. The fourth-order valence-corrected chi connectivity index (χ4v) is 8.09. The van der Waals surface area contributed by atoms with E-state index in [2.05, 4.69) is 34.6 Å². The number of aromatic nitrogens is 2. The first-order chi connectivity index (χ1) is 19.2. The Morgan fingerprint density at radius 3 is 2.50 bits per heavy atom. The average Bonchev–Trinajstić information content (AvgIpc) is 3.38. The Bertz CT molecular complexity index is 1240. The van der Waals surface area contributed by atoms with Crippen LogP contribution in [0.2, 0.25) is 0 Å². The Hall–Kier alpha value is -1.88. The molecule has 6 rings (SSSR count). The van der Waals surface area contributed by atoms with E-state index in [1.807, 2.05) is 0 Å². The summed E-state index contributed by atoms with van der Waals surface area (Å²) in [4.78, 5) is 18.3. The number of hydrazine groups is 1. The van der Waals surface area contributed by atoms with E-state index >= 15 is 0 Å². The molecule has 2 saturated heterocycles. The number of nitrogens with one attached hydrogen (secondary N) is 2. The zero-order chi connectivity index (χ0) is 28.0. The van der Waals surface area contributed by atoms with Crippen LogP contribution in [0.4, 0.5) is 13.2 Å². The number of imidazole rings is 1. The summed E-state index contributed by atoms with van der Waals surface area (Å²) in [6, 6.07) is 1.20. The fraction of sp³-hybridized carbons (Fsp3) is 0.767. The van der Waals surface area contributed by atoms with Crippen LogP contribution >= 0.6 is 0 Å². The summed E-state index contributed by atoms with van der Waals surface area (Å²) >= 11 is 0. The van der Waals surface area contributed by atoms with Gasteiger partial charge in [0.1, 0.15) is 0 Å². The molecule has 2 saturated carbocycles. The molecule has 0 aromatic carbocycles. The van der Waals surface area contributed by atoms with E-state index in [9.17, 15) is 18.0 Å². The zero-order valence-corrected chi connectivity index (χ0v) is 23.9. The second-order valence-electron chi connectivity index (χ2n) is 13.2. The van der Waals surface area contributed by atoms with Crippen molar-refractivity contribution >= 4 is 5.52 Å². The highest BCUT2D eigenvalue weighted by molar-refractivity contribution is 5.56. The number of hydrogen-bond acceptors (Lipinski definition) is 5. The van der Waals surface area contributed by atoms with Gasteiger partial charge in [0.05, 0.1) is 23.9 Å². The number of likely N-dealkylation sites (tertiary alicyclic amines) is 1. The van der Waals surface area contributed by atoms with Crippen LogP contribution < -0.4 is 16.5 Å². The quantitative estimate of drug-likeness (QED) is 0.506. The minimum atomic E-state index is -4.53. The second-order valence-corrected chi connectivity index (χ2v) is 13.2. The first kappa shape index (κ1) is 28.2. The Kier molecular flexibility index (Phi) is 8.07. The van der Waals surface area contributed by atoms with Gasteiger partial charge in [0.2, 0.25) is 0 Å². The molecule has 0 radical (unpaired) electrons. The average molecular weight is 563 g/mol. The normalized spacial score (nSPS) is 30.4. The molecule has 2 aliphatic carbocycles. The molecule has 0 bridgehead atoms. The zero-order valence-electron chi connectivity index (χ0n) is 23.9. The molecular formula is C30H45F3N6O. The standard InChI is InChI=1S/C30H45F3N6O/c1-20-7-3-4-12-37(15-20)16-21-13-25(30(31,32)33)26-18-38(29(40)39(26)17-21)24-11-6-10-23(14-24)27(22-8-5-9-22)28-35-34-19-36(28)2/h13,17-18,20,22-24,27-28,34-35H,3-12,14-16,19H2,1-2H3/t20-,23?,24?,27+,28?/m0/s1. The summed E-state index contributed by atoms with van der Waals surface area (Å²) in [5, 5.41) is 0. The van der Waals surface area contributed by atoms with Crippen molar-refractivity contribution in [2.75, 3.05) is 26.8 Å². The molecule has 2 N–H and O–H groups in total. The largest absolute Gasteiger partial charge is 0.418 e. The van der Waals surface area contributed by atoms with E-state index < -0.39 is 11.7 Å². The molecule has 4 aliphatic rings. The molecule has 4 heterocycles.